The fourth-order valence-corrected chi connectivity index (χ4v) is 3.60. The Morgan fingerprint density at radius 3 is 2.26 bits per heavy atom. The summed E-state index contributed by atoms with van der Waals surface area (Å²) in [5.41, 5.74) is -0.698. The Hall–Kier alpha value is -0.970. The number of nitrogens with zero attached hydrogens (tertiary/aromatic N) is 2. The van der Waals surface area contributed by atoms with E-state index in [1.165, 1.54) is 6.07 Å². The van der Waals surface area contributed by atoms with Gasteiger partial charge in [-0.05, 0) is 37.8 Å². The molecule has 2 nitrogen and oxygen atoms in total. The number of hydrogen-bond acceptors (Lipinski definition) is 2. The van der Waals surface area contributed by atoms with Gasteiger partial charge in [0.2, 0.25) is 0 Å². The smallest absolute Gasteiger partial charge is 0.351 e. The number of hydrogen-bond donors (Lipinski definition) is 0. The number of fused-ring (bicyclic) bond motifs is 2. The van der Waals surface area contributed by atoms with Gasteiger partial charge in [0.25, 0.3) is 0 Å². The SMILES string of the molecule is FC(F)(F)c1ccc(N2C3CCC2CC(Cl)C3)nc1. The van der Waals surface area contributed by atoms with Gasteiger partial charge in [0.1, 0.15) is 5.82 Å². The molecule has 2 unspecified atom stereocenters. The first-order valence-electron chi connectivity index (χ1n) is 6.41. The number of anilines is 1. The Balaban J connectivity index is 1.84. The minimum atomic E-state index is -4.33. The summed E-state index contributed by atoms with van der Waals surface area (Å²) in [7, 11) is 0. The van der Waals surface area contributed by atoms with Crippen LogP contribution in [0.15, 0.2) is 18.3 Å². The second-order valence-electron chi connectivity index (χ2n) is 5.26. The molecule has 0 radical (unpaired) electrons. The predicted octanol–water partition coefficient (Wildman–Crippen LogP) is 3.84. The summed E-state index contributed by atoms with van der Waals surface area (Å²) in [4.78, 5) is 6.15. The van der Waals surface area contributed by atoms with Gasteiger partial charge >= 0.3 is 6.18 Å². The molecule has 0 N–H and O–H groups in total. The monoisotopic (exact) mass is 290 g/mol. The van der Waals surface area contributed by atoms with Crippen molar-refractivity contribution in [3.63, 3.8) is 0 Å². The van der Waals surface area contributed by atoms with Crippen molar-refractivity contribution >= 4 is 17.4 Å². The Bertz CT molecular complexity index is 446. The van der Waals surface area contributed by atoms with Gasteiger partial charge in [-0.15, -0.1) is 11.6 Å². The summed E-state index contributed by atoms with van der Waals surface area (Å²) in [5, 5.41) is 0.184. The van der Waals surface area contributed by atoms with Crippen molar-refractivity contribution in [2.45, 2.75) is 49.3 Å². The van der Waals surface area contributed by atoms with Gasteiger partial charge in [0.15, 0.2) is 0 Å². The maximum absolute atomic E-state index is 12.5. The van der Waals surface area contributed by atoms with Crippen molar-refractivity contribution in [3.05, 3.63) is 23.9 Å². The van der Waals surface area contributed by atoms with Crippen LogP contribution in [0.3, 0.4) is 0 Å². The maximum Gasteiger partial charge on any atom is 0.417 e. The molecule has 1 aromatic heterocycles. The molecular weight excluding hydrogens is 277 g/mol. The van der Waals surface area contributed by atoms with E-state index in [0.29, 0.717) is 17.9 Å². The van der Waals surface area contributed by atoms with E-state index in [1.54, 1.807) is 0 Å². The molecule has 2 aliphatic heterocycles. The minimum absolute atomic E-state index is 0.184. The van der Waals surface area contributed by atoms with Crippen molar-refractivity contribution in [3.8, 4) is 0 Å². The van der Waals surface area contributed by atoms with Gasteiger partial charge in [-0.1, -0.05) is 0 Å². The Kier molecular flexibility index (Phi) is 3.12. The van der Waals surface area contributed by atoms with E-state index < -0.39 is 11.7 Å². The molecule has 6 heteroatoms. The molecule has 0 aliphatic carbocycles. The lowest BCUT2D eigenvalue weighted by molar-refractivity contribution is -0.137. The van der Waals surface area contributed by atoms with Crippen LogP contribution >= 0.6 is 11.6 Å². The summed E-state index contributed by atoms with van der Waals surface area (Å²) in [6.45, 7) is 0. The van der Waals surface area contributed by atoms with Crippen LogP contribution in [0, 0.1) is 0 Å². The molecule has 2 bridgehead atoms. The molecule has 2 saturated heterocycles. The Labute approximate surface area is 114 Å². The average molecular weight is 291 g/mol. The van der Waals surface area contributed by atoms with Gasteiger partial charge in [-0.2, -0.15) is 13.2 Å². The van der Waals surface area contributed by atoms with Gasteiger partial charge < -0.3 is 4.90 Å². The Morgan fingerprint density at radius 1 is 1.16 bits per heavy atom. The molecular formula is C13H14ClF3N2. The van der Waals surface area contributed by atoms with E-state index >= 15 is 0 Å². The lowest BCUT2D eigenvalue weighted by Crippen LogP contribution is -2.43. The van der Waals surface area contributed by atoms with Crippen LogP contribution in [-0.4, -0.2) is 22.4 Å². The summed E-state index contributed by atoms with van der Waals surface area (Å²) in [6.07, 6.45) is 0.476. The third kappa shape index (κ3) is 2.40. The summed E-state index contributed by atoms with van der Waals surface area (Å²) in [5.74, 6) is 0.643. The van der Waals surface area contributed by atoms with Crippen LogP contribution in [0.2, 0.25) is 0 Å². The third-order valence-corrected chi connectivity index (χ3v) is 4.37. The van der Waals surface area contributed by atoms with Crippen molar-refractivity contribution < 1.29 is 13.2 Å². The number of halogens is 4. The van der Waals surface area contributed by atoms with E-state index in [1.807, 2.05) is 0 Å². The largest absolute Gasteiger partial charge is 0.417 e. The van der Waals surface area contributed by atoms with E-state index in [0.717, 1.165) is 37.9 Å². The molecule has 2 fully saturated rings. The first-order chi connectivity index (χ1) is 8.95. The molecule has 3 heterocycles. The van der Waals surface area contributed by atoms with Crippen LogP contribution < -0.4 is 4.90 Å². The lowest BCUT2D eigenvalue weighted by Gasteiger charge is -2.38. The van der Waals surface area contributed by atoms with E-state index in [4.69, 9.17) is 11.6 Å². The molecule has 19 heavy (non-hydrogen) atoms. The third-order valence-electron chi connectivity index (χ3n) is 4.02. The Morgan fingerprint density at radius 2 is 1.79 bits per heavy atom. The lowest BCUT2D eigenvalue weighted by atomic mass is 10.0. The highest BCUT2D eigenvalue weighted by atomic mass is 35.5. The van der Waals surface area contributed by atoms with Gasteiger partial charge in [0, 0.05) is 23.7 Å². The first-order valence-corrected chi connectivity index (χ1v) is 6.84. The number of piperidine rings is 1. The van der Waals surface area contributed by atoms with Crippen LogP contribution in [0.25, 0.3) is 0 Å². The number of rotatable bonds is 1. The van der Waals surface area contributed by atoms with Crippen molar-refractivity contribution in [1.29, 1.82) is 0 Å². The second-order valence-corrected chi connectivity index (χ2v) is 5.88. The van der Waals surface area contributed by atoms with E-state index in [9.17, 15) is 13.2 Å². The molecule has 3 rings (SSSR count). The molecule has 0 saturated carbocycles. The van der Waals surface area contributed by atoms with Crippen molar-refractivity contribution in [2.24, 2.45) is 0 Å². The molecule has 2 aliphatic rings. The number of alkyl halides is 4. The number of aromatic nitrogens is 1. The summed E-state index contributed by atoms with van der Waals surface area (Å²) >= 11 is 6.19. The topological polar surface area (TPSA) is 16.1 Å². The quantitative estimate of drug-likeness (QED) is 0.731. The maximum atomic E-state index is 12.5. The fraction of sp³-hybridized carbons (Fsp3) is 0.615. The van der Waals surface area contributed by atoms with E-state index in [-0.39, 0.29) is 5.38 Å². The molecule has 0 amide bonds. The standard InChI is InChI=1S/C13H14ClF3N2/c14-9-5-10-2-3-11(6-9)19(10)12-4-1-8(7-18-12)13(15,16)17/h1,4,7,9-11H,2-3,5-6H2. The van der Waals surface area contributed by atoms with Gasteiger partial charge in [0.05, 0.1) is 5.56 Å². The van der Waals surface area contributed by atoms with Crippen LogP contribution in [-0.2, 0) is 6.18 Å². The fourth-order valence-electron chi connectivity index (χ4n) is 3.19. The van der Waals surface area contributed by atoms with E-state index in [2.05, 4.69) is 9.88 Å². The normalized spacial score (nSPS) is 30.7. The zero-order valence-corrected chi connectivity index (χ0v) is 11.0. The highest BCUT2D eigenvalue weighted by Gasteiger charge is 2.41. The summed E-state index contributed by atoms with van der Waals surface area (Å²) < 4.78 is 37.5. The highest BCUT2D eigenvalue weighted by Crippen LogP contribution is 2.40. The first kappa shape index (κ1) is 13.0. The average Bonchev–Trinajstić information content (AvgIpc) is 2.61. The number of pyridine rings is 1. The zero-order valence-electron chi connectivity index (χ0n) is 10.2. The molecule has 0 aromatic carbocycles. The van der Waals surface area contributed by atoms with Crippen LogP contribution in [0.4, 0.5) is 19.0 Å². The van der Waals surface area contributed by atoms with Crippen LogP contribution in [0.5, 0.6) is 0 Å². The molecule has 0 spiro atoms. The zero-order chi connectivity index (χ0) is 13.6. The summed E-state index contributed by atoms with van der Waals surface area (Å²) in [6, 6.07) is 3.23. The predicted molar refractivity (Wildman–Crippen MR) is 67.4 cm³/mol. The van der Waals surface area contributed by atoms with Crippen molar-refractivity contribution in [1.82, 2.24) is 4.98 Å². The molecule has 1 aromatic rings. The second kappa shape index (κ2) is 4.54. The van der Waals surface area contributed by atoms with Crippen LogP contribution in [0.1, 0.15) is 31.2 Å². The highest BCUT2D eigenvalue weighted by molar-refractivity contribution is 6.20. The van der Waals surface area contributed by atoms with Gasteiger partial charge in [-0.3, -0.25) is 0 Å². The van der Waals surface area contributed by atoms with Gasteiger partial charge in [-0.25, -0.2) is 4.98 Å². The van der Waals surface area contributed by atoms with Crippen molar-refractivity contribution in [2.75, 3.05) is 4.90 Å². The molecule has 2 atom stereocenters. The molecule has 104 valence electrons. The minimum Gasteiger partial charge on any atom is -0.351 e.